The topological polar surface area (TPSA) is 100 Å². The van der Waals surface area contributed by atoms with Crippen molar-refractivity contribution in [1.82, 2.24) is 20.3 Å². The first kappa shape index (κ1) is 18.1. The Morgan fingerprint density at radius 1 is 1.18 bits per heavy atom. The molecule has 4 heterocycles. The number of carbonyl (C=O) groups is 1. The van der Waals surface area contributed by atoms with Gasteiger partial charge >= 0.3 is 0 Å². The number of ether oxygens (including phenoxy) is 1. The fourth-order valence-corrected chi connectivity index (χ4v) is 3.08. The molecule has 1 amide bonds. The van der Waals surface area contributed by atoms with E-state index in [1.807, 2.05) is 25.1 Å². The number of fused-ring (bicyclic) bond motifs is 1. The van der Waals surface area contributed by atoms with Crippen molar-refractivity contribution >= 4 is 22.6 Å². The van der Waals surface area contributed by atoms with Gasteiger partial charge in [-0.3, -0.25) is 9.78 Å². The van der Waals surface area contributed by atoms with Crippen molar-refractivity contribution in [2.24, 2.45) is 0 Å². The van der Waals surface area contributed by atoms with E-state index in [4.69, 9.17) is 4.74 Å². The highest BCUT2D eigenvalue weighted by Crippen LogP contribution is 2.28. The third-order valence-electron chi connectivity index (χ3n) is 4.68. The molecule has 0 saturated carbocycles. The monoisotopic (exact) mass is 379 g/mol. The lowest BCUT2D eigenvalue weighted by Gasteiger charge is -2.27. The number of rotatable bonds is 4. The molecule has 0 unspecified atom stereocenters. The Kier molecular flexibility index (Phi) is 5.03. The summed E-state index contributed by atoms with van der Waals surface area (Å²) in [6.07, 6.45) is 3.22. The minimum absolute atomic E-state index is 0.0199. The van der Waals surface area contributed by atoms with Crippen molar-refractivity contribution in [2.75, 3.05) is 31.2 Å². The van der Waals surface area contributed by atoms with Crippen LogP contribution in [0, 0.1) is 6.92 Å². The second-order valence-electron chi connectivity index (χ2n) is 6.65. The van der Waals surface area contributed by atoms with Crippen LogP contribution in [0.4, 0.5) is 5.82 Å². The molecule has 0 radical (unpaired) electrons. The zero-order valence-electron chi connectivity index (χ0n) is 15.6. The Hall–Kier alpha value is -3.26. The number of nitrogens with zero attached hydrogens (tertiary/aromatic N) is 4. The molecule has 3 aromatic heterocycles. The second-order valence-corrected chi connectivity index (χ2v) is 6.65. The highest BCUT2D eigenvalue weighted by molar-refractivity contribution is 6.00. The lowest BCUT2D eigenvalue weighted by Crippen LogP contribution is -2.36. The van der Waals surface area contributed by atoms with Gasteiger partial charge in [-0.1, -0.05) is 6.07 Å². The number of carbonyl (C=O) groups excluding carboxylic acids is 1. The van der Waals surface area contributed by atoms with Gasteiger partial charge < -0.3 is 20.1 Å². The van der Waals surface area contributed by atoms with Gasteiger partial charge in [-0.05, 0) is 30.7 Å². The average molecular weight is 379 g/mol. The van der Waals surface area contributed by atoms with Crippen molar-refractivity contribution in [3.8, 4) is 5.75 Å². The van der Waals surface area contributed by atoms with Crippen molar-refractivity contribution in [3.63, 3.8) is 0 Å². The van der Waals surface area contributed by atoms with Gasteiger partial charge in [0.25, 0.3) is 5.91 Å². The van der Waals surface area contributed by atoms with Crippen LogP contribution in [0.2, 0.25) is 0 Å². The predicted molar refractivity (Wildman–Crippen MR) is 104 cm³/mol. The van der Waals surface area contributed by atoms with Crippen LogP contribution >= 0.6 is 0 Å². The SMILES string of the molecule is Cc1ccc(CNC(=O)c2ncc3nc(N4CCOCC4)ccc3c2O)cn1. The Balaban J connectivity index is 1.53. The molecule has 1 aliphatic rings. The fourth-order valence-electron chi connectivity index (χ4n) is 3.08. The Morgan fingerprint density at radius 3 is 2.75 bits per heavy atom. The van der Waals surface area contributed by atoms with Crippen LogP contribution in [0.25, 0.3) is 10.9 Å². The maximum absolute atomic E-state index is 12.5. The molecule has 4 rings (SSSR count). The number of nitrogens with one attached hydrogen (secondary N) is 1. The maximum atomic E-state index is 12.5. The van der Waals surface area contributed by atoms with E-state index in [0.717, 1.165) is 30.2 Å². The average Bonchev–Trinajstić information content (AvgIpc) is 2.74. The summed E-state index contributed by atoms with van der Waals surface area (Å²) in [6.45, 7) is 5.08. The van der Waals surface area contributed by atoms with Gasteiger partial charge in [0.05, 0.1) is 24.9 Å². The van der Waals surface area contributed by atoms with Crippen molar-refractivity contribution in [3.05, 3.63) is 53.6 Å². The number of anilines is 1. The first-order chi connectivity index (χ1) is 13.6. The van der Waals surface area contributed by atoms with Crippen LogP contribution < -0.4 is 10.2 Å². The van der Waals surface area contributed by atoms with Crippen LogP contribution in [0.1, 0.15) is 21.7 Å². The van der Waals surface area contributed by atoms with Gasteiger partial charge in [-0.15, -0.1) is 0 Å². The third-order valence-corrected chi connectivity index (χ3v) is 4.68. The Bertz CT molecular complexity index is 1000. The molecule has 8 heteroatoms. The van der Waals surface area contributed by atoms with Crippen molar-refractivity contribution in [1.29, 1.82) is 0 Å². The molecular formula is C20H21N5O3. The third kappa shape index (κ3) is 3.72. The number of aryl methyl sites for hydroxylation is 1. The van der Waals surface area contributed by atoms with Gasteiger partial charge in [0, 0.05) is 36.9 Å². The molecule has 0 spiro atoms. The first-order valence-corrected chi connectivity index (χ1v) is 9.13. The molecule has 1 fully saturated rings. The largest absolute Gasteiger partial charge is 0.505 e. The highest BCUT2D eigenvalue weighted by Gasteiger charge is 2.18. The summed E-state index contributed by atoms with van der Waals surface area (Å²) in [7, 11) is 0. The zero-order chi connectivity index (χ0) is 19.5. The highest BCUT2D eigenvalue weighted by atomic mass is 16.5. The molecule has 0 aliphatic carbocycles. The number of morpholine rings is 1. The molecule has 8 nitrogen and oxygen atoms in total. The van der Waals surface area contributed by atoms with Crippen LogP contribution in [-0.4, -0.2) is 52.3 Å². The van der Waals surface area contributed by atoms with Gasteiger partial charge in [0.15, 0.2) is 11.4 Å². The van der Waals surface area contributed by atoms with Gasteiger partial charge in [-0.25, -0.2) is 9.97 Å². The summed E-state index contributed by atoms with van der Waals surface area (Å²) < 4.78 is 5.36. The summed E-state index contributed by atoms with van der Waals surface area (Å²) in [5, 5.41) is 13.8. The maximum Gasteiger partial charge on any atom is 0.274 e. The molecule has 2 N–H and O–H groups in total. The minimum atomic E-state index is -0.447. The normalized spacial score (nSPS) is 14.2. The molecule has 0 atom stereocenters. The Morgan fingerprint density at radius 2 is 2.00 bits per heavy atom. The van der Waals surface area contributed by atoms with E-state index >= 15 is 0 Å². The number of hydrogen-bond donors (Lipinski definition) is 2. The van der Waals surface area contributed by atoms with Crippen molar-refractivity contribution < 1.29 is 14.6 Å². The minimum Gasteiger partial charge on any atom is -0.505 e. The smallest absolute Gasteiger partial charge is 0.274 e. The molecule has 3 aromatic rings. The van der Waals surface area contributed by atoms with E-state index in [1.54, 1.807) is 12.3 Å². The standard InChI is InChI=1S/C20H21N5O3/c1-13-2-3-14(10-21-13)11-23-20(27)18-19(26)15-4-5-17(24-16(15)12-22-18)25-6-8-28-9-7-25/h2-5,10,12,26H,6-9,11H2,1H3,(H,23,27). The van der Waals surface area contributed by atoms with Crippen LogP contribution in [0.3, 0.4) is 0 Å². The molecule has 28 heavy (non-hydrogen) atoms. The number of pyridine rings is 3. The Labute approximate surface area is 162 Å². The van der Waals surface area contributed by atoms with E-state index in [2.05, 4.69) is 25.2 Å². The predicted octanol–water partition coefficient (Wildman–Crippen LogP) is 1.81. The molecule has 0 bridgehead atoms. The van der Waals surface area contributed by atoms with Crippen LogP contribution in [0.15, 0.2) is 36.7 Å². The molecule has 1 saturated heterocycles. The van der Waals surface area contributed by atoms with E-state index in [9.17, 15) is 9.90 Å². The van der Waals surface area contributed by atoms with Crippen LogP contribution in [-0.2, 0) is 11.3 Å². The number of amides is 1. The summed E-state index contributed by atoms with van der Waals surface area (Å²) >= 11 is 0. The van der Waals surface area contributed by atoms with Gasteiger partial charge in [0.1, 0.15) is 5.82 Å². The molecule has 144 valence electrons. The lowest BCUT2D eigenvalue weighted by molar-refractivity contribution is 0.0943. The fraction of sp³-hybridized carbons (Fsp3) is 0.300. The molecule has 0 aromatic carbocycles. The lowest BCUT2D eigenvalue weighted by atomic mass is 10.2. The van der Waals surface area contributed by atoms with E-state index < -0.39 is 5.91 Å². The summed E-state index contributed by atoms with van der Waals surface area (Å²) in [4.78, 5) is 27.5. The van der Waals surface area contributed by atoms with E-state index in [-0.39, 0.29) is 11.4 Å². The van der Waals surface area contributed by atoms with Crippen molar-refractivity contribution in [2.45, 2.75) is 13.5 Å². The van der Waals surface area contributed by atoms with E-state index in [0.29, 0.717) is 30.7 Å². The summed E-state index contributed by atoms with van der Waals surface area (Å²) in [5.41, 5.74) is 2.30. The quantitative estimate of drug-likeness (QED) is 0.713. The first-order valence-electron chi connectivity index (χ1n) is 9.13. The molecular weight excluding hydrogens is 358 g/mol. The summed E-state index contributed by atoms with van der Waals surface area (Å²) in [5.74, 6) is 0.191. The second kappa shape index (κ2) is 7.77. The number of hydrogen-bond acceptors (Lipinski definition) is 7. The summed E-state index contributed by atoms with van der Waals surface area (Å²) in [6, 6.07) is 7.39. The van der Waals surface area contributed by atoms with Gasteiger partial charge in [0.2, 0.25) is 0 Å². The number of aromatic nitrogens is 3. The van der Waals surface area contributed by atoms with Gasteiger partial charge in [-0.2, -0.15) is 0 Å². The zero-order valence-corrected chi connectivity index (χ0v) is 15.6. The van der Waals surface area contributed by atoms with Crippen LogP contribution in [0.5, 0.6) is 5.75 Å². The number of aromatic hydroxyl groups is 1. The van der Waals surface area contributed by atoms with E-state index in [1.165, 1.54) is 6.20 Å². The molecule has 1 aliphatic heterocycles.